The van der Waals surface area contributed by atoms with Crippen molar-refractivity contribution in [1.82, 2.24) is 0 Å². The Morgan fingerprint density at radius 3 is 2.16 bits per heavy atom. The molecule has 2 N–H and O–H groups in total. The van der Waals surface area contributed by atoms with Gasteiger partial charge in [0, 0.05) is 44.0 Å². The fourth-order valence-electron chi connectivity index (χ4n) is 2.34. The van der Waals surface area contributed by atoms with Crippen LogP contribution in [-0.2, 0) is 4.79 Å². The summed E-state index contributed by atoms with van der Waals surface area (Å²) in [5.74, 6) is -1.35. The summed E-state index contributed by atoms with van der Waals surface area (Å²) < 4.78 is 0. The molecule has 6 nitrogen and oxygen atoms in total. The molecule has 2 aromatic carbocycles. The van der Waals surface area contributed by atoms with E-state index in [4.69, 9.17) is 0 Å². The Bertz CT molecular complexity index is 811. The number of carbonyl (C=O) groups excluding carboxylic acids is 3. The molecule has 0 saturated carbocycles. The monoisotopic (exact) mass is 340 g/mol. The SMILES string of the molecule is CC(=O)Nc1ccc(C(=O)CC(=O)c2ccc(N(C)C)cc2)c(O)c1. The van der Waals surface area contributed by atoms with Gasteiger partial charge in [0.25, 0.3) is 0 Å². The summed E-state index contributed by atoms with van der Waals surface area (Å²) >= 11 is 0. The van der Waals surface area contributed by atoms with Crippen molar-refractivity contribution in [3.05, 3.63) is 53.6 Å². The maximum atomic E-state index is 12.3. The highest BCUT2D eigenvalue weighted by Gasteiger charge is 2.17. The number of ketones is 2. The van der Waals surface area contributed by atoms with Crippen molar-refractivity contribution in [3.63, 3.8) is 0 Å². The number of Topliss-reactive ketones (excluding diaryl/α,β-unsaturated/α-hetero) is 2. The second kappa shape index (κ2) is 7.61. The van der Waals surface area contributed by atoms with E-state index in [1.165, 1.54) is 25.1 Å². The Morgan fingerprint density at radius 2 is 1.64 bits per heavy atom. The molecule has 0 aromatic heterocycles. The van der Waals surface area contributed by atoms with Gasteiger partial charge in [0.1, 0.15) is 5.75 Å². The third-order valence-corrected chi connectivity index (χ3v) is 3.65. The number of hydrogen-bond acceptors (Lipinski definition) is 5. The van der Waals surface area contributed by atoms with Crippen molar-refractivity contribution < 1.29 is 19.5 Å². The molecule has 0 saturated heterocycles. The molecule has 0 heterocycles. The number of nitrogens with zero attached hydrogens (tertiary/aromatic N) is 1. The first kappa shape index (κ1) is 18.2. The zero-order valence-corrected chi connectivity index (χ0v) is 14.4. The summed E-state index contributed by atoms with van der Waals surface area (Å²) in [6, 6.07) is 11.1. The van der Waals surface area contributed by atoms with Crippen LogP contribution in [0, 0.1) is 0 Å². The first-order valence-corrected chi connectivity index (χ1v) is 7.72. The van der Waals surface area contributed by atoms with Gasteiger partial charge in [-0.25, -0.2) is 0 Å². The van der Waals surface area contributed by atoms with E-state index in [0.717, 1.165) is 5.69 Å². The highest BCUT2D eigenvalue weighted by atomic mass is 16.3. The van der Waals surface area contributed by atoms with Gasteiger partial charge in [-0.1, -0.05) is 0 Å². The van der Waals surface area contributed by atoms with Crippen molar-refractivity contribution in [2.24, 2.45) is 0 Å². The summed E-state index contributed by atoms with van der Waals surface area (Å²) in [7, 11) is 3.79. The Morgan fingerprint density at radius 1 is 1.00 bits per heavy atom. The van der Waals surface area contributed by atoms with E-state index in [9.17, 15) is 19.5 Å². The Hall–Kier alpha value is -3.15. The molecule has 0 fully saturated rings. The lowest BCUT2D eigenvalue weighted by Gasteiger charge is -2.12. The van der Waals surface area contributed by atoms with Crippen LogP contribution in [0.5, 0.6) is 5.75 Å². The van der Waals surface area contributed by atoms with Crippen LogP contribution in [0.4, 0.5) is 11.4 Å². The molecule has 0 atom stereocenters. The van der Waals surface area contributed by atoms with E-state index < -0.39 is 5.78 Å². The Balaban J connectivity index is 2.10. The van der Waals surface area contributed by atoms with E-state index in [1.807, 2.05) is 19.0 Å². The lowest BCUT2D eigenvalue weighted by atomic mass is 10.0. The standard InChI is InChI=1S/C19H20N2O4/c1-12(22)20-14-6-9-16(18(24)10-14)19(25)11-17(23)13-4-7-15(8-5-13)21(2)3/h4-10,24H,11H2,1-3H3,(H,20,22). The minimum absolute atomic E-state index is 0.0485. The number of anilines is 2. The van der Waals surface area contributed by atoms with Crippen molar-refractivity contribution in [3.8, 4) is 5.75 Å². The Labute approximate surface area is 146 Å². The summed E-state index contributed by atoms with van der Waals surface area (Å²) in [6.07, 6.45) is -0.339. The molecule has 1 amide bonds. The van der Waals surface area contributed by atoms with Gasteiger partial charge in [-0.05, 0) is 36.4 Å². The number of aromatic hydroxyl groups is 1. The fourth-order valence-corrected chi connectivity index (χ4v) is 2.34. The van der Waals surface area contributed by atoms with Crippen molar-refractivity contribution >= 4 is 28.8 Å². The molecule has 0 bridgehead atoms. The van der Waals surface area contributed by atoms with Crippen LogP contribution in [0.3, 0.4) is 0 Å². The van der Waals surface area contributed by atoms with E-state index in [0.29, 0.717) is 11.3 Å². The van der Waals surface area contributed by atoms with Gasteiger partial charge in [-0.3, -0.25) is 14.4 Å². The largest absolute Gasteiger partial charge is 0.507 e. The normalized spacial score (nSPS) is 10.2. The summed E-state index contributed by atoms with van der Waals surface area (Å²) in [5, 5.41) is 12.5. The predicted molar refractivity (Wildman–Crippen MR) is 96.5 cm³/mol. The molecule has 0 aliphatic rings. The maximum absolute atomic E-state index is 12.3. The summed E-state index contributed by atoms with van der Waals surface area (Å²) in [6.45, 7) is 1.34. The molecule has 130 valence electrons. The molecule has 6 heteroatoms. The van der Waals surface area contributed by atoms with Crippen LogP contribution in [0.15, 0.2) is 42.5 Å². The average Bonchev–Trinajstić information content (AvgIpc) is 2.54. The van der Waals surface area contributed by atoms with E-state index >= 15 is 0 Å². The second-order valence-corrected chi connectivity index (χ2v) is 5.88. The van der Waals surface area contributed by atoms with Crippen LogP contribution in [0.2, 0.25) is 0 Å². The van der Waals surface area contributed by atoms with Crippen LogP contribution in [0.1, 0.15) is 34.1 Å². The molecule has 2 aromatic rings. The lowest BCUT2D eigenvalue weighted by molar-refractivity contribution is -0.114. The maximum Gasteiger partial charge on any atom is 0.221 e. The number of rotatable bonds is 6. The Kier molecular flexibility index (Phi) is 5.54. The van der Waals surface area contributed by atoms with E-state index in [1.54, 1.807) is 24.3 Å². The number of hydrogen-bond donors (Lipinski definition) is 2. The molecule has 25 heavy (non-hydrogen) atoms. The van der Waals surface area contributed by atoms with Gasteiger partial charge in [-0.15, -0.1) is 0 Å². The number of phenols is 1. The number of benzene rings is 2. The van der Waals surface area contributed by atoms with E-state index in [2.05, 4.69) is 5.32 Å². The minimum Gasteiger partial charge on any atom is -0.507 e. The third-order valence-electron chi connectivity index (χ3n) is 3.65. The van der Waals surface area contributed by atoms with Crippen LogP contribution in [0.25, 0.3) is 0 Å². The fraction of sp³-hybridized carbons (Fsp3) is 0.211. The quantitative estimate of drug-likeness (QED) is 0.624. The van der Waals surface area contributed by atoms with Gasteiger partial charge < -0.3 is 15.3 Å². The molecule has 0 spiro atoms. The van der Waals surface area contributed by atoms with Crippen LogP contribution in [-0.4, -0.2) is 36.7 Å². The molecular formula is C19H20N2O4. The van der Waals surface area contributed by atoms with Crippen molar-refractivity contribution in [2.75, 3.05) is 24.3 Å². The molecule has 0 unspecified atom stereocenters. The van der Waals surface area contributed by atoms with Gasteiger partial charge in [0.15, 0.2) is 11.6 Å². The topological polar surface area (TPSA) is 86.7 Å². The molecule has 2 rings (SSSR count). The predicted octanol–water partition coefficient (Wildman–Crippen LogP) is 2.87. The number of phenolic OH excluding ortho intramolecular Hbond substituents is 1. The zero-order valence-electron chi connectivity index (χ0n) is 14.4. The smallest absolute Gasteiger partial charge is 0.221 e. The van der Waals surface area contributed by atoms with Crippen LogP contribution < -0.4 is 10.2 Å². The molecule has 0 radical (unpaired) electrons. The van der Waals surface area contributed by atoms with Crippen molar-refractivity contribution in [1.29, 1.82) is 0 Å². The molecule has 0 aliphatic heterocycles. The summed E-state index contributed by atoms with van der Waals surface area (Å²) in [5.41, 5.74) is 1.82. The number of amides is 1. The molecule has 0 aliphatic carbocycles. The zero-order chi connectivity index (χ0) is 18.6. The highest BCUT2D eigenvalue weighted by molar-refractivity contribution is 6.14. The van der Waals surface area contributed by atoms with Gasteiger partial charge in [-0.2, -0.15) is 0 Å². The lowest BCUT2D eigenvalue weighted by Crippen LogP contribution is -2.11. The van der Waals surface area contributed by atoms with Gasteiger partial charge >= 0.3 is 0 Å². The first-order chi connectivity index (χ1) is 11.8. The average molecular weight is 340 g/mol. The minimum atomic E-state index is -0.478. The van der Waals surface area contributed by atoms with Crippen molar-refractivity contribution in [2.45, 2.75) is 13.3 Å². The van der Waals surface area contributed by atoms with Gasteiger partial charge in [0.05, 0.1) is 12.0 Å². The third kappa shape index (κ3) is 4.67. The number of carbonyl (C=O) groups is 3. The van der Waals surface area contributed by atoms with Gasteiger partial charge in [0.2, 0.25) is 5.91 Å². The molecular weight excluding hydrogens is 320 g/mol. The second-order valence-electron chi connectivity index (χ2n) is 5.88. The first-order valence-electron chi connectivity index (χ1n) is 7.72. The summed E-state index contributed by atoms with van der Waals surface area (Å²) in [4.78, 5) is 37.5. The highest BCUT2D eigenvalue weighted by Crippen LogP contribution is 2.24. The van der Waals surface area contributed by atoms with Crippen LogP contribution >= 0.6 is 0 Å². The number of nitrogens with one attached hydrogen (secondary N) is 1. The van der Waals surface area contributed by atoms with E-state index in [-0.39, 0.29) is 29.4 Å².